The lowest BCUT2D eigenvalue weighted by Gasteiger charge is -2.39. The molecule has 1 unspecified atom stereocenters. The molecule has 2 aliphatic rings. The van der Waals surface area contributed by atoms with E-state index < -0.39 is 0 Å². The number of urea groups is 1. The number of aryl methyl sites for hydroxylation is 2. The summed E-state index contributed by atoms with van der Waals surface area (Å²) >= 11 is 0. The first-order chi connectivity index (χ1) is 12.2. The lowest BCUT2D eigenvalue weighted by molar-refractivity contribution is 0.0229. The molecule has 138 valence electrons. The summed E-state index contributed by atoms with van der Waals surface area (Å²) in [6.07, 6.45) is 4.33. The van der Waals surface area contributed by atoms with Gasteiger partial charge in [0.05, 0.1) is 13.2 Å². The molecule has 2 heterocycles. The lowest BCUT2D eigenvalue weighted by Crippen LogP contribution is -2.52. The van der Waals surface area contributed by atoms with Gasteiger partial charge in [-0.3, -0.25) is 4.90 Å². The monoisotopic (exact) mass is 345 g/mol. The van der Waals surface area contributed by atoms with E-state index in [1.54, 1.807) is 0 Å². The number of nitrogens with zero attached hydrogens (tertiary/aromatic N) is 2. The predicted molar refractivity (Wildman–Crippen MR) is 101 cm³/mol. The van der Waals surface area contributed by atoms with Crippen molar-refractivity contribution in [2.75, 3.05) is 44.7 Å². The molecule has 0 aromatic heterocycles. The van der Waals surface area contributed by atoms with Crippen molar-refractivity contribution in [3.63, 3.8) is 0 Å². The van der Waals surface area contributed by atoms with Crippen molar-refractivity contribution in [3.8, 4) is 0 Å². The summed E-state index contributed by atoms with van der Waals surface area (Å²) < 4.78 is 5.45. The van der Waals surface area contributed by atoms with Gasteiger partial charge in [-0.05, 0) is 43.7 Å². The number of hydrogen-bond acceptors (Lipinski definition) is 3. The molecule has 5 heteroatoms. The lowest BCUT2D eigenvalue weighted by atomic mass is 10.0. The van der Waals surface area contributed by atoms with Crippen LogP contribution in [0.5, 0.6) is 0 Å². The third-order valence-corrected chi connectivity index (χ3v) is 5.43. The Morgan fingerprint density at radius 1 is 1.24 bits per heavy atom. The maximum Gasteiger partial charge on any atom is 0.322 e. The minimum Gasteiger partial charge on any atom is -0.379 e. The van der Waals surface area contributed by atoms with Gasteiger partial charge < -0.3 is 15.0 Å². The summed E-state index contributed by atoms with van der Waals surface area (Å²) in [6, 6.07) is 6.59. The van der Waals surface area contributed by atoms with Crippen molar-refractivity contribution in [1.29, 1.82) is 0 Å². The molecule has 0 aliphatic carbocycles. The second-order valence-electron chi connectivity index (χ2n) is 7.15. The second-order valence-corrected chi connectivity index (χ2v) is 7.15. The van der Waals surface area contributed by atoms with E-state index in [1.807, 2.05) is 0 Å². The molecule has 1 aromatic carbocycles. The van der Waals surface area contributed by atoms with Crippen LogP contribution in [0.2, 0.25) is 0 Å². The number of benzene rings is 1. The second kappa shape index (κ2) is 8.68. The summed E-state index contributed by atoms with van der Waals surface area (Å²) in [4.78, 5) is 17.5. The van der Waals surface area contributed by atoms with E-state index in [-0.39, 0.29) is 6.03 Å². The fourth-order valence-corrected chi connectivity index (χ4v) is 3.92. The largest absolute Gasteiger partial charge is 0.379 e. The number of hydrogen-bond donors (Lipinski definition) is 1. The Bertz CT molecular complexity index is 584. The molecule has 0 bridgehead atoms. The molecular formula is C20H31N3O2. The fourth-order valence-electron chi connectivity index (χ4n) is 3.92. The minimum atomic E-state index is 0.0574. The van der Waals surface area contributed by atoms with Gasteiger partial charge in [-0.2, -0.15) is 0 Å². The Kier molecular flexibility index (Phi) is 6.32. The van der Waals surface area contributed by atoms with E-state index in [0.717, 1.165) is 69.9 Å². The van der Waals surface area contributed by atoms with Crippen LogP contribution < -0.4 is 5.32 Å². The molecule has 2 saturated heterocycles. The highest BCUT2D eigenvalue weighted by molar-refractivity contribution is 5.91. The molecule has 2 amide bonds. The Morgan fingerprint density at radius 2 is 2.04 bits per heavy atom. The van der Waals surface area contributed by atoms with Gasteiger partial charge in [-0.15, -0.1) is 0 Å². The molecule has 2 fully saturated rings. The van der Waals surface area contributed by atoms with Crippen molar-refractivity contribution >= 4 is 11.7 Å². The van der Waals surface area contributed by atoms with Gasteiger partial charge in [0.25, 0.3) is 0 Å². The van der Waals surface area contributed by atoms with Crippen LogP contribution in [0, 0.1) is 6.92 Å². The number of carbonyl (C=O) groups is 1. The van der Waals surface area contributed by atoms with Crippen molar-refractivity contribution < 1.29 is 9.53 Å². The highest BCUT2D eigenvalue weighted by Gasteiger charge is 2.29. The minimum absolute atomic E-state index is 0.0574. The van der Waals surface area contributed by atoms with Crippen LogP contribution in [0.15, 0.2) is 18.2 Å². The molecule has 3 rings (SSSR count). The zero-order valence-electron chi connectivity index (χ0n) is 15.6. The summed E-state index contributed by atoms with van der Waals surface area (Å²) in [5.41, 5.74) is 3.33. The van der Waals surface area contributed by atoms with Gasteiger partial charge in [-0.25, -0.2) is 4.79 Å². The number of nitrogens with one attached hydrogen (secondary N) is 1. The molecule has 5 nitrogen and oxygen atoms in total. The topological polar surface area (TPSA) is 44.8 Å². The van der Waals surface area contributed by atoms with Crippen LogP contribution in [-0.4, -0.2) is 61.3 Å². The summed E-state index contributed by atoms with van der Waals surface area (Å²) in [7, 11) is 0. The van der Waals surface area contributed by atoms with Crippen molar-refractivity contribution in [2.45, 2.75) is 45.6 Å². The molecule has 0 spiro atoms. The molecule has 2 aliphatic heterocycles. The Labute approximate surface area is 151 Å². The van der Waals surface area contributed by atoms with E-state index in [2.05, 4.69) is 47.2 Å². The summed E-state index contributed by atoms with van der Waals surface area (Å²) in [5, 5.41) is 3.21. The van der Waals surface area contributed by atoms with Gasteiger partial charge >= 0.3 is 6.03 Å². The van der Waals surface area contributed by atoms with Gasteiger partial charge in [0.15, 0.2) is 0 Å². The van der Waals surface area contributed by atoms with Crippen molar-refractivity contribution in [2.24, 2.45) is 0 Å². The third-order valence-electron chi connectivity index (χ3n) is 5.43. The van der Waals surface area contributed by atoms with Crippen LogP contribution in [0.1, 0.15) is 37.3 Å². The first-order valence-electron chi connectivity index (χ1n) is 9.65. The highest BCUT2D eigenvalue weighted by Crippen LogP contribution is 2.24. The van der Waals surface area contributed by atoms with Crippen LogP contribution >= 0.6 is 0 Å². The third kappa shape index (κ3) is 4.53. The molecular weight excluding hydrogens is 314 g/mol. The maximum absolute atomic E-state index is 13.0. The average Bonchev–Trinajstić information content (AvgIpc) is 2.64. The molecule has 25 heavy (non-hydrogen) atoms. The van der Waals surface area contributed by atoms with Crippen LogP contribution in [0.4, 0.5) is 10.5 Å². The van der Waals surface area contributed by atoms with Crippen LogP contribution in [-0.2, 0) is 11.2 Å². The first kappa shape index (κ1) is 18.2. The normalized spacial score (nSPS) is 22.0. The number of ether oxygens (including phenoxy) is 1. The zero-order valence-corrected chi connectivity index (χ0v) is 15.6. The molecule has 1 atom stereocenters. The van der Waals surface area contributed by atoms with Gasteiger partial charge in [0, 0.05) is 37.9 Å². The predicted octanol–water partition coefficient (Wildman–Crippen LogP) is 3.28. The van der Waals surface area contributed by atoms with E-state index in [1.165, 1.54) is 12.0 Å². The van der Waals surface area contributed by atoms with Crippen molar-refractivity contribution in [1.82, 2.24) is 9.80 Å². The van der Waals surface area contributed by atoms with E-state index in [9.17, 15) is 4.79 Å². The number of morpholine rings is 1. The number of para-hydroxylation sites is 1. The Balaban J connectivity index is 1.68. The standard InChI is InChI=1S/C20H31N3O2/c1-3-17-8-6-7-16(2)19(17)21-20(24)23-10-5-4-9-18(23)15-22-11-13-25-14-12-22/h6-8,18H,3-5,9-15H2,1-2H3,(H,21,24). The number of likely N-dealkylation sites (tertiary alicyclic amines) is 1. The number of anilines is 1. The molecule has 0 saturated carbocycles. The number of carbonyl (C=O) groups excluding carboxylic acids is 1. The van der Waals surface area contributed by atoms with Gasteiger partial charge in [0.1, 0.15) is 0 Å². The highest BCUT2D eigenvalue weighted by atomic mass is 16.5. The summed E-state index contributed by atoms with van der Waals surface area (Å²) in [6.45, 7) is 9.58. The Hall–Kier alpha value is -1.59. The van der Waals surface area contributed by atoms with Crippen LogP contribution in [0.3, 0.4) is 0 Å². The van der Waals surface area contributed by atoms with E-state index in [4.69, 9.17) is 4.74 Å². The number of piperidine rings is 1. The summed E-state index contributed by atoms with van der Waals surface area (Å²) in [5.74, 6) is 0. The van der Waals surface area contributed by atoms with Crippen LogP contribution in [0.25, 0.3) is 0 Å². The number of amides is 2. The van der Waals surface area contributed by atoms with E-state index in [0.29, 0.717) is 6.04 Å². The maximum atomic E-state index is 13.0. The SMILES string of the molecule is CCc1cccc(C)c1NC(=O)N1CCCCC1CN1CCOCC1. The quantitative estimate of drug-likeness (QED) is 0.911. The smallest absolute Gasteiger partial charge is 0.322 e. The molecule has 1 aromatic rings. The molecule has 1 N–H and O–H groups in total. The van der Waals surface area contributed by atoms with Gasteiger partial charge in [-0.1, -0.05) is 25.1 Å². The van der Waals surface area contributed by atoms with Crippen molar-refractivity contribution in [3.05, 3.63) is 29.3 Å². The van der Waals surface area contributed by atoms with E-state index >= 15 is 0 Å². The first-order valence-corrected chi connectivity index (χ1v) is 9.65. The Morgan fingerprint density at radius 3 is 2.80 bits per heavy atom. The van der Waals surface area contributed by atoms with Gasteiger partial charge in [0.2, 0.25) is 0 Å². The number of rotatable bonds is 4. The average molecular weight is 345 g/mol. The molecule has 0 radical (unpaired) electrons. The zero-order chi connectivity index (χ0) is 17.6. The fraction of sp³-hybridized carbons (Fsp3) is 0.650.